The van der Waals surface area contributed by atoms with Crippen molar-refractivity contribution in [1.29, 1.82) is 5.26 Å². The van der Waals surface area contributed by atoms with Gasteiger partial charge in [0, 0.05) is 0 Å². The van der Waals surface area contributed by atoms with Gasteiger partial charge in [-0.25, -0.2) is 0 Å². The summed E-state index contributed by atoms with van der Waals surface area (Å²) in [5, 5.41) is 9.87. The first-order valence-corrected chi connectivity index (χ1v) is 14.6. The van der Waals surface area contributed by atoms with Gasteiger partial charge in [-0.05, 0) is 0 Å². The third kappa shape index (κ3) is 4.78. The molecule has 1 nitrogen and oxygen atoms in total. The predicted octanol–water partition coefficient (Wildman–Crippen LogP) is 1.25. The van der Waals surface area contributed by atoms with Crippen LogP contribution in [0.15, 0.2) is 0 Å². The second-order valence-electron chi connectivity index (χ2n) is 0.524. The van der Waals surface area contributed by atoms with E-state index in [1.54, 1.807) is 0 Å². The van der Waals surface area contributed by atoms with E-state index in [1.165, 1.54) is 8.24 Å². The van der Waals surface area contributed by atoms with Crippen molar-refractivity contribution in [2.75, 3.05) is 0 Å². The van der Waals surface area contributed by atoms with Crippen LogP contribution in [0.5, 0.6) is 0 Å². The van der Waals surface area contributed by atoms with Gasteiger partial charge in [0.1, 0.15) is 0 Å². The molecule has 0 saturated heterocycles. The van der Waals surface area contributed by atoms with E-state index in [0.717, 1.165) is 0 Å². The summed E-state index contributed by atoms with van der Waals surface area (Å²) >= 11 is -0.588. The van der Waals surface area contributed by atoms with Gasteiger partial charge in [-0.1, -0.05) is 0 Å². The Morgan fingerprint density at radius 1 is 2.00 bits per heavy atom. The number of hydrogen-bond donors (Lipinski definition) is 0. The summed E-state index contributed by atoms with van der Waals surface area (Å²) in [6.45, 7) is 0. The van der Waals surface area contributed by atoms with Crippen molar-refractivity contribution in [3.63, 3.8) is 0 Å². The Kier molecular flexibility index (Phi) is 5.52. The topological polar surface area (TPSA) is 23.8 Å². The van der Waals surface area contributed by atoms with Gasteiger partial charge in [-0.15, -0.1) is 0 Å². The zero-order chi connectivity index (χ0) is 4.12. The average Bonchev–Trinajstić information content (AvgIpc) is 1.41. The molecule has 0 bridgehead atoms. The molecule has 0 aromatic heterocycles. The molecule has 0 amide bonds. The second kappa shape index (κ2) is 4.78. The molecule has 3 heteroatoms. The van der Waals surface area contributed by atoms with E-state index in [2.05, 4.69) is 4.43 Å². The maximum atomic E-state index is 7.83. The second-order valence-corrected chi connectivity index (χ2v) is 11.7. The Bertz CT molecular complexity index is 48.1. The molecule has 0 radical (unpaired) electrons. The van der Waals surface area contributed by atoms with Gasteiger partial charge < -0.3 is 0 Å². The minimum absolute atomic E-state index is 0.588. The monoisotopic (exact) mass is 275 g/mol. The Labute approximate surface area is 46.3 Å². The Hall–Kier alpha value is 0.775. The molecule has 0 saturated carbocycles. The zero-order valence-corrected chi connectivity index (χ0v) is 9.38. The number of nitriles is 1. The molecule has 0 aromatic carbocycles. The number of thiocyanates is 1. The van der Waals surface area contributed by atoms with Crippen molar-refractivity contribution in [2.24, 2.45) is 0 Å². The maximum absolute atomic E-state index is 7.83. The molecule has 0 fully saturated rings. The molecule has 0 aromatic rings. The Morgan fingerprint density at radius 3 is 2.60 bits per heavy atom. The van der Waals surface area contributed by atoms with Crippen LogP contribution < -0.4 is 0 Å². The van der Waals surface area contributed by atoms with E-state index in [4.69, 9.17) is 5.26 Å². The fourth-order valence-electron chi connectivity index (χ4n) is 0.0645. The van der Waals surface area contributed by atoms with Crippen molar-refractivity contribution in [2.45, 2.75) is 4.43 Å². The van der Waals surface area contributed by atoms with Gasteiger partial charge in [0.2, 0.25) is 0 Å². The summed E-state index contributed by atoms with van der Waals surface area (Å²) in [5.74, 6) is 0. The molecule has 0 atom stereocenters. The number of rotatable bonds is 1. The van der Waals surface area contributed by atoms with Crippen molar-refractivity contribution in [1.82, 2.24) is 0 Å². The SMILES string of the molecule is [CH3][Hg][S]C#N. The molecular formula is C2H3HgNS. The zero-order valence-electron chi connectivity index (χ0n) is 3.06. The van der Waals surface area contributed by atoms with Gasteiger partial charge in [0.05, 0.1) is 0 Å². The molecule has 0 aliphatic heterocycles. The number of nitrogens with zero attached hydrogens (tertiary/aromatic N) is 1. The van der Waals surface area contributed by atoms with E-state index in [0.29, 0.717) is 0 Å². The Balaban J connectivity index is 2.48. The van der Waals surface area contributed by atoms with Gasteiger partial charge in [0.25, 0.3) is 0 Å². The summed E-state index contributed by atoms with van der Waals surface area (Å²) in [6, 6.07) is 0. The molecule has 0 N–H and O–H groups in total. The van der Waals surface area contributed by atoms with Crippen LogP contribution in [0.3, 0.4) is 0 Å². The van der Waals surface area contributed by atoms with E-state index in [-0.39, 0.29) is 0 Å². The van der Waals surface area contributed by atoms with Crippen molar-refractivity contribution in [3.05, 3.63) is 0 Å². The predicted molar refractivity (Wildman–Crippen MR) is 19.1 cm³/mol. The van der Waals surface area contributed by atoms with E-state index in [9.17, 15) is 0 Å². The average molecular weight is 274 g/mol. The quantitative estimate of drug-likeness (QED) is 0.530. The van der Waals surface area contributed by atoms with Crippen molar-refractivity contribution in [3.8, 4) is 5.40 Å². The third-order valence-electron chi connectivity index (χ3n) is 0.209. The summed E-state index contributed by atoms with van der Waals surface area (Å²) in [7, 11) is 1.49. The number of hydrogen-bond acceptors (Lipinski definition) is 2. The van der Waals surface area contributed by atoms with Crippen LogP contribution in [0.1, 0.15) is 0 Å². The molecule has 0 unspecified atom stereocenters. The van der Waals surface area contributed by atoms with E-state index < -0.39 is 23.1 Å². The molecular weight excluding hydrogens is 271 g/mol. The van der Waals surface area contributed by atoms with Crippen LogP contribution >= 0.6 is 8.24 Å². The molecule has 5 heavy (non-hydrogen) atoms. The van der Waals surface area contributed by atoms with Crippen LogP contribution in [0.4, 0.5) is 0 Å². The first-order valence-electron chi connectivity index (χ1n) is 1.42. The van der Waals surface area contributed by atoms with Gasteiger partial charge in [0.15, 0.2) is 0 Å². The summed E-state index contributed by atoms with van der Waals surface area (Å²) < 4.78 is 2.17. The summed E-state index contributed by atoms with van der Waals surface area (Å²) in [6.07, 6.45) is 0. The fourth-order valence-corrected chi connectivity index (χ4v) is 1.70. The van der Waals surface area contributed by atoms with Crippen LogP contribution in [-0.2, 0) is 23.1 Å². The molecule has 0 aliphatic rings. The van der Waals surface area contributed by atoms with Crippen LogP contribution in [0, 0.1) is 10.7 Å². The molecule has 0 spiro atoms. The summed E-state index contributed by atoms with van der Waals surface area (Å²) in [5.41, 5.74) is 0. The molecule has 0 aliphatic carbocycles. The Morgan fingerprint density at radius 2 is 2.60 bits per heavy atom. The van der Waals surface area contributed by atoms with Crippen molar-refractivity contribution >= 4 is 8.24 Å². The fraction of sp³-hybridized carbons (Fsp3) is 0.500. The first-order chi connectivity index (χ1) is 2.41. The molecule has 0 heterocycles. The minimum atomic E-state index is -0.588. The molecule has 24 valence electrons. The van der Waals surface area contributed by atoms with E-state index >= 15 is 0 Å². The van der Waals surface area contributed by atoms with Crippen LogP contribution in [-0.4, -0.2) is 0 Å². The standard InChI is InChI=1S/CHNS.CH3.Hg/c2-1-3;;/h3H;1H3;/q;;+1/p-1. The normalized spacial score (nSPS) is 4.80. The molecule has 0 rings (SSSR count). The summed E-state index contributed by atoms with van der Waals surface area (Å²) in [4.78, 5) is 0. The van der Waals surface area contributed by atoms with Gasteiger partial charge >= 0.3 is 46.4 Å². The van der Waals surface area contributed by atoms with Crippen LogP contribution in [0.2, 0.25) is 4.43 Å². The van der Waals surface area contributed by atoms with Gasteiger partial charge in [-0.2, -0.15) is 0 Å². The van der Waals surface area contributed by atoms with Crippen molar-refractivity contribution < 1.29 is 23.1 Å². The first kappa shape index (κ1) is 5.78. The van der Waals surface area contributed by atoms with Crippen LogP contribution in [0.25, 0.3) is 0 Å². The third-order valence-corrected chi connectivity index (χ3v) is 5.50. The van der Waals surface area contributed by atoms with E-state index in [1.807, 2.05) is 5.40 Å². The van der Waals surface area contributed by atoms with Gasteiger partial charge in [-0.3, -0.25) is 0 Å².